The summed E-state index contributed by atoms with van der Waals surface area (Å²) in [4.78, 5) is 26.2. The molecule has 5 nitrogen and oxygen atoms in total. The molecule has 0 aromatic carbocycles. The Kier molecular flexibility index (Phi) is 3.02. The molecule has 17 heavy (non-hydrogen) atoms. The van der Waals surface area contributed by atoms with Crippen LogP contribution < -0.4 is 0 Å². The summed E-state index contributed by atoms with van der Waals surface area (Å²) in [5.74, 6) is 0.173. The van der Waals surface area contributed by atoms with Gasteiger partial charge in [0.15, 0.2) is 0 Å². The fourth-order valence-electron chi connectivity index (χ4n) is 2.83. The number of rotatable bonds is 1. The van der Waals surface area contributed by atoms with Gasteiger partial charge in [-0.15, -0.1) is 0 Å². The summed E-state index contributed by atoms with van der Waals surface area (Å²) in [6.45, 7) is 5.99. The van der Waals surface area contributed by atoms with Crippen molar-refractivity contribution in [3.63, 3.8) is 0 Å². The molecule has 0 aromatic heterocycles. The van der Waals surface area contributed by atoms with E-state index in [4.69, 9.17) is 5.11 Å². The highest BCUT2D eigenvalue weighted by Gasteiger charge is 2.40. The molecule has 2 fully saturated rings. The number of hydrogen-bond acceptors (Lipinski definition) is 2. The lowest BCUT2D eigenvalue weighted by Crippen LogP contribution is -2.50. The largest absolute Gasteiger partial charge is 0.465 e. The Bertz CT molecular complexity index is 341. The molecule has 0 spiro atoms. The lowest BCUT2D eigenvalue weighted by Gasteiger charge is -2.36. The Hall–Kier alpha value is -1.26. The maximum absolute atomic E-state index is 11.9. The Morgan fingerprint density at radius 1 is 1.47 bits per heavy atom. The third-order valence-electron chi connectivity index (χ3n) is 3.66. The topological polar surface area (TPSA) is 60.9 Å². The van der Waals surface area contributed by atoms with E-state index < -0.39 is 6.09 Å². The number of hydrogen-bond donors (Lipinski definition) is 1. The van der Waals surface area contributed by atoms with E-state index in [-0.39, 0.29) is 17.4 Å². The molecule has 1 N–H and O–H groups in total. The van der Waals surface area contributed by atoms with Crippen LogP contribution in [0.1, 0.15) is 33.1 Å². The predicted molar refractivity (Wildman–Crippen MR) is 62.7 cm³/mol. The van der Waals surface area contributed by atoms with Gasteiger partial charge in [-0.05, 0) is 18.3 Å². The second-order valence-corrected chi connectivity index (χ2v) is 5.89. The minimum Gasteiger partial charge on any atom is -0.465 e. The number of nitrogens with zero attached hydrogens (tertiary/aromatic N) is 2. The molecule has 96 valence electrons. The Labute approximate surface area is 101 Å². The first-order valence-electron chi connectivity index (χ1n) is 6.16. The summed E-state index contributed by atoms with van der Waals surface area (Å²) in [6, 6.07) is 0.0779. The SMILES string of the molecule is CC1(C)CC(=O)N(C2CCCN(C(=O)O)C2)C1. The molecule has 2 heterocycles. The number of carbonyl (C=O) groups excluding carboxylic acids is 1. The van der Waals surface area contributed by atoms with Gasteiger partial charge in [0.05, 0.1) is 0 Å². The van der Waals surface area contributed by atoms with E-state index in [0.717, 1.165) is 19.4 Å². The maximum atomic E-state index is 11.9. The van der Waals surface area contributed by atoms with Crippen LogP contribution in [0.5, 0.6) is 0 Å². The summed E-state index contributed by atoms with van der Waals surface area (Å²) < 4.78 is 0. The quantitative estimate of drug-likeness (QED) is 0.753. The van der Waals surface area contributed by atoms with E-state index in [1.807, 2.05) is 4.90 Å². The van der Waals surface area contributed by atoms with E-state index in [9.17, 15) is 9.59 Å². The molecule has 5 heteroatoms. The minimum absolute atomic E-state index is 0.0303. The van der Waals surface area contributed by atoms with Crippen molar-refractivity contribution in [1.29, 1.82) is 0 Å². The van der Waals surface area contributed by atoms with Crippen molar-refractivity contribution in [1.82, 2.24) is 9.80 Å². The fourth-order valence-corrected chi connectivity index (χ4v) is 2.83. The van der Waals surface area contributed by atoms with Crippen LogP contribution in [0.4, 0.5) is 4.79 Å². The minimum atomic E-state index is -0.874. The normalized spacial score (nSPS) is 28.6. The summed E-state index contributed by atoms with van der Waals surface area (Å²) in [5, 5.41) is 8.99. The molecular weight excluding hydrogens is 220 g/mol. The lowest BCUT2D eigenvalue weighted by molar-refractivity contribution is -0.130. The molecule has 0 bridgehead atoms. The molecule has 1 unspecified atom stereocenters. The highest BCUT2D eigenvalue weighted by atomic mass is 16.4. The van der Waals surface area contributed by atoms with Gasteiger partial charge in [0.1, 0.15) is 0 Å². The van der Waals surface area contributed by atoms with Crippen molar-refractivity contribution < 1.29 is 14.7 Å². The third kappa shape index (κ3) is 2.53. The van der Waals surface area contributed by atoms with Crippen molar-refractivity contribution in [3.8, 4) is 0 Å². The molecular formula is C12H20N2O3. The number of likely N-dealkylation sites (tertiary alicyclic amines) is 2. The average molecular weight is 240 g/mol. The number of piperidine rings is 1. The number of carbonyl (C=O) groups is 2. The van der Waals surface area contributed by atoms with Crippen LogP contribution in [0.15, 0.2) is 0 Å². The highest BCUT2D eigenvalue weighted by Crippen LogP contribution is 2.33. The van der Waals surface area contributed by atoms with Gasteiger partial charge in [-0.3, -0.25) is 4.79 Å². The maximum Gasteiger partial charge on any atom is 0.407 e. The van der Waals surface area contributed by atoms with E-state index in [1.165, 1.54) is 4.90 Å². The summed E-state index contributed by atoms with van der Waals surface area (Å²) in [7, 11) is 0. The van der Waals surface area contributed by atoms with E-state index in [2.05, 4.69) is 13.8 Å². The van der Waals surface area contributed by atoms with Crippen molar-refractivity contribution in [2.24, 2.45) is 5.41 Å². The Morgan fingerprint density at radius 3 is 2.71 bits per heavy atom. The lowest BCUT2D eigenvalue weighted by atomic mass is 9.93. The van der Waals surface area contributed by atoms with E-state index in [0.29, 0.717) is 19.5 Å². The van der Waals surface area contributed by atoms with Crippen molar-refractivity contribution >= 4 is 12.0 Å². The van der Waals surface area contributed by atoms with Gasteiger partial charge in [0.2, 0.25) is 5.91 Å². The van der Waals surface area contributed by atoms with Crippen molar-refractivity contribution in [2.75, 3.05) is 19.6 Å². The number of amides is 2. The van der Waals surface area contributed by atoms with Gasteiger partial charge < -0.3 is 14.9 Å². The summed E-state index contributed by atoms with van der Waals surface area (Å²) in [5.41, 5.74) is 0.0303. The Morgan fingerprint density at radius 2 is 2.18 bits per heavy atom. The molecule has 0 saturated carbocycles. The highest BCUT2D eigenvalue weighted by molar-refractivity contribution is 5.79. The van der Waals surface area contributed by atoms with Crippen LogP contribution in [0.2, 0.25) is 0 Å². The fraction of sp³-hybridized carbons (Fsp3) is 0.833. The smallest absolute Gasteiger partial charge is 0.407 e. The summed E-state index contributed by atoms with van der Waals surface area (Å²) >= 11 is 0. The van der Waals surface area contributed by atoms with Gasteiger partial charge in [-0.1, -0.05) is 13.8 Å². The Balaban J connectivity index is 2.03. The zero-order chi connectivity index (χ0) is 12.6. The molecule has 0 aromatic rings. The van der Waals surface area contributed by atoms with Crippen molar-refractivity contribution in [2.45, 2.75) is 39.2 Å². The molecule has 0 aliphatic carbocycles. The first kappa shape index (κ1) is 12.2. The van der Waals surface area contributed by atoms with Crippen LogP contribution in [-0.2, 0) is 4.79 Å². The van der Waals surface area contributed by atoms with Gasteiger partial charge >= 0.3 is 6.09 Å². The molecule has 2 rings (SSSR count). The first-order valence-corrected chi connectivity index (χ1v) is 6.16. The molecule has 1 atom stereocenters. The molecule has 2 amide bonds. The second kappa shape index (κ2) is 4.20. The van der Waals surface area contributed by atoms with E-state index >= 15 is 0 Å². The van der Waals surface area contributed by atoms with Crippen LogP contribution in [0.25, 0.3) is 0 Å². The van der Waals surface area contributed by atoms with Gasteiger partial charge in [-0.25, -0.2) is 4.79 Å². The predicted octanol–water partition coefficient (Wildman–Crippen LogP) is 1.39. The van der Waals surface area contributed by atoms with Gasteiger partial charge in [0.25, 0.3) is 0 Å². The molecule has 0 radical (unpaired) electrons. The van der Waals surface area contributed by atoms with Gasteiger partial charge in [0, 0.05) is 32.1 Å². The second-order valence-electron chi connectivity index (χ2n) is 5.89. The standard InChI is InChI=1S/C12H20N2O3/c1-12(2)6-10(15)14(8-12)9-4-3-5-13(7-9)11(16)17/h9H,3-8H2,1-2H3,(H,16,17). The molecule has 2 aliphatic heterocycles. The van der Waals surface area contributed by atoms with Crippen LogP contribution >= 0.6 is 0 Å². The van der Waals surface area contributed by atoms with E-state index in [1.54, 1.807) is 0 Å². The van der Waals surface area contributed by atoms with Gasteiger partial charge in [-0.2, -0.15) is 0 Å². The zero-order valence-corrected chi connectivity index (χ0v) is 10.5. The zero-order valence-electron chi connectivity index (χ0n) is 10.5. The van der Waals surface area contributed by atoms with Crippen LogP contribution in [-0.4, -0.2) is 52.6 Å². The average Bonchev–Trinajstić information content (AvgIpc) is 2.52. The molecule has 2 aliphatic rings. The summed E-state index contributed by atoms with van der Waals surface area (Å²) in [6.07, 6.45) is 1.48. The van der Waals surface area contributed by atoms with Crippen LogP contribution in [0.3, 0.4) is 0 Å². The third-order valence-corrected chi connectivity index (χ3v) is 3.66. The number of carboxylic acid groups (broad SMARTS) is 1. The van der Waals surface area contributed by atoms with Crippen LogP contribution in [0, 0.1) is 5.41 Å². The first-order chi connectivity index (χ1) is 7.89. The van der Waals surface area contributed by atoms with Crippen molar-refractivity contribution in [3.05, 3.63) is 0 Å². The molecule has 2 saturated heterocycles. The monoisotopic (exact) mass is 240 g/mol.